The fourth-order valence-corrected chi connectivity index (χ4v) is 3.68. The van der Waals surface area contributed by atoms with Crippen molar-refractivity contribution >= 4 is 5.91 Å². The van der Waals surface area contributed by atoms with Crippen LogP contribution in [0, 0.1) is 5.82 Å². The number of carbonyl (C=O) groups is 1. The van der Waals surface area contributed by atoms with Crippen molar-refractivity contribution in [2.45, 2.75) is 43.7 Å². The highest BCUT2D eigenvalue weighted by atomic mass is 19.1. The van der Waals surface area contributed by atoms with Crippen LogP contribution in [0.2, 0.25) is 0 Å². The molecule has 0 spiro atoms. The molecule has 1 saturated heterocycles. The van der Waals surface area contributed by atoms with Crippen molar-refractivity contribution in [3.8, 4) is 0 Å². The molecule has 25 heavy (non-hydrogen) atoms. The third kappa shape index (κ3) is 2.63. The zero-order valence-corrected chi connectivity index (χ0v) is 14.1. The zero-order valence-electron chi connectivity index (χ0n) is 14.1. The number of benzene rings is 1. The van der Waals surface area contributed by atoms with E-state index in [1.807, 2.05) is 4.90 Å². The van der Waals surface area contributed by atoms with E-state index < -0.39 is 11.5 Å². The van der Waals surface area contributed by atoms with E-state index in [1.54, 1.807) is 29.9 Å². The van der Waals surface area contributed by atoms with E-state index >= 15 is 0 Å². The van der Waals surface area contributed by atoms with Crippen molar-refractivity contribution in [2.75, 3.05) is 13.1 Å². The van der Waals surface area contributed by atoms with E-state index in [0.29, 0.717) is 18.8 Å². The van der Waals surface area contributed by atoms with Gasteiger partial charge in [0.1, 0.15) is 11.5 Å². The van der Waals surface area contributed by atoms with Crippen LogP contribution < -0.4 is 0 Å². The molecule has 1 saturated carbocycles. The molecule has 2 fully saturated rings. The van der Waals surface area contributed by atoms with E-state index in [1.165, 1.54) is 12.1 Å². The Morgan fingerprint density at radius 3 is 2.52 bits per heavy atom. The molecule has 2 heterocycles. The largest absolute Gasteiger partial charge is 0.387 e. The van der Waals surface area contributed by atoms with Crippen molar-refractivity contribution in [3.05, 3.63) is 47.5 Å². The van der Waals surface area contributed by atoms with Gasteiger partial charge in [-0.15, -0.1) is 5.10 Å². The Morgan fingerprint density at radius 1 is 1.32 bits per heavy atom. The molecule has 1 aliphatic carbocycles. The van der Waals surface area contributed by atoms with E-state index in [4.69, 9.17) is 0 Å². The van der Waals surface area contributed by atoms with Gasteiger partial charge < -0.3 is 10.0 Å². The summed E-state index contributed by atoms with van der Waals surface area (Å²) in [4.78, 5) is 14.9. The predicted octanol–water partition coefficient (Wildman–Crippen LogP) is 1.98. The summed E-state index contributed by atoms with van der Waals surface area (Å²) in [6, 6.07) is 6.41. The summed E-state index contributed by atoms with van der Waals surface area (Å²) in [5, 5.41) is 17.5. The summed E-state index contributed by atoms with van der Waals surface area (Å²) in [6.45, 7) is 2.82. The van der Waals surface area contributed by atoms with Gasteiger partial charge in [-0.25, -0.2) is 9.07 Å². The Labute approximate surface area is 145 Å². The summed E-state index contributed by atoms with van der Waals surface area (Å²) in [6.07, 6.45) is 3.72. The number of rotatable bonds is 4. The number of hydrogen-bond donors (Lipinski definition) is 1. The first-order chi connectivity index (χ1) is 12.0. The van der Waals surface area contributed by atoms with Crippen LogP contribution in [0.4, 0.5) is 4.39 Å². The minimum atomic E-state index is -0.650. The Morgan fingerprint density at radius 2 is 2.00 bits per heavy atom. The lowest BCUT2D eigenvalue weighted by Crippen LogP contribution is -2.59. The second-order valence-electron chi connectivity index (χ2n) is 7.11. The van der Waals surface area contributed by atoms with Crippen LogP contribution in [0.3, 0.4) is 0 Å². The third-order valence-corrected chi connectivity index (χ3v) is 5.49. The second kappa shape index (κ2) is 5.91. The average Bonchev–Trinajstić information content (AvgIpc) is 2.96. The molecule has 0 bridgehead atoms. The standard InChI is InChI=1S/C18H21FN4O2/c1-12(24)16-11-23(21-20-16)15-9-22(10-15)17(25)18(7-2-8-18)13-3-5-14(19)6-4-13/h3-6,11-12,15,24H,2,7-10H2,1H3. The minimum Gasteiger partial charge on any atom is -0.387 e. The molecule has 6 nitrogen and oxygen atoms in total. The molecule has 0 radical (unpaired) electrons. The van der Waals surface area contributed by atoms with Gasteiger partial charge in [-0.05, 0) is 37.5 Å². The minimum absolute atomic E-state index is 0.0919. The number of likely N-dealkylation sites (tertiary alicyclic amines) is 1. The Hall–Kier alpha value is -2.28. The van der Waals surface area contributed by atoms with Crippen LogP contribution in [0.25, 0.3) is 0 Å². The van der Waals surface area contributed by atoms with Crippen LogP contribution in [-0.4, -0.2) is 44.0 Å². The lowest BCUT2D eigenvalue weighted by Gasteiger charge is -2.48. The van der Waals surface area contributed by atoms with Crippen LogP contribution in [0.15, 0.2) is 30.5 Å². The number of halogens is 1. The molecule has 2 aliphatic rings. The number of amides is 1. The van der Waals surface area contributed by atoms with E-state index in [-0.39, 0.29) is 17.8 Å². The van der Waals surface area contributed by atoms with Gasteiger partial charge in [0.15, 0.2) is 0 Å². The lowest BCUT2D eigenvalue weighted by atomic mass is 9.63. The molecule has 1 aliphatic heterocycles. The Kier molecular flexibility index (Phi) is 3.83. The highest BCUT2D eigenvalue weighted by molar-refractivity contribution is 5.90. The SMILES string of the molecule is CC(O)c1cn(C2CN(C(=O)C3(c4ccc(F)cc4)CCC3)C2)nn1. The molecular formula is C18H21FN4O2. The lowest BCUT2D eigenvalue weighted by molar-refractivity contribution is -0.147. The second-order valence-corrected chi connectivity index (χ2v) is 7.11. The maximum atomic E-state index is 13.2. The van der Waals surface area contributed by atoms with Crippen LogP contribution >= 0.6 is 0 Å². The number of aromatic nitrogens is 3. The maximum absolute atomic E-state index is 13.2. The summed E-state index contributed by atoms with van der Waals surface area (Å²) < 4.78 is 14.9. The monoisotopic (exact) mass is 344 g/mol. The molecule has 4 rings (SSSR count). The zero-order chi connectivity index (χ0) is 17.6. The first-order valence-corrected chi connectivity index (χ1v) is 8.65. The average molecular weight is 344 g/mol. The van der Waals surface area contributed by atoms with Crippen LogP contribution in [0.5, 0.6) is 0 Å². The first kappa shape index (κ1) is 16.2. The smallest absolute Gasteiger partial charge is 0.233 e. The fraction of sp³-hybridized carbons (Fsp3) is 0.500. The summed E-state index contributed by atoms with van der Waals surface area (Å²) >= 11 is 0. The summed E-state index contributed by atoms with van der Waals surface area (Å²) in [5.74, 6) is -0.160. The van der Waals surface area contributed by atoms with E-state index in [2.05, 4.69) is 10.3 Å². The summed E-state index contributed by atoms with van der Waals surface area (Å²) in [7, 11) is 0. The molecule has 7 heteroatoms. The molecule has 1 amide bonds. The molecule has 1 aromatic heterocycles. The Balaban J connectivity index is 1.46. The fourth-order valence-electron chi connectivity index (χ4n) is 3.68. The number of aliphatic hydroxyl groups excluding tert-OH is 1. The van der Waals surface area contributed by atoms with Gasteiger partial charge in [0.2, 0.25) is 5.91 Å². The van der Waals surface area contributed by atoms with E-state index in [9.17, 15) is 14.3 Å². The molecule has 2 aromatic rings. The van der Waals surface area contributed by atoms with Gasteiger partial charge in [0.25, 0.3) is 0 Å². The number of hydrogen-bond acceptors (Lipinski definition) is 4. The Bertz CT molecular complexity index is 777. The molecular weight excluding hydrogens is 323 g/mol. The van der Waals surface area contributed by atoms with Crippen LogP contribution in [-0.2, 0) is 10.2 Å². The number of aliphatic hydroxyl groups is 1. The van der Waals surface area contributed by atoms with Crippen molar-refractivity contribution in [1.82, 2.24) is 19.9 Å². The van der Waals surface area contributed by atoms with Gasteiger partial charge in [-0.2, -0.15) is 0 Å². The third-order valence-electron chi connectivity index (χ3n) is 5.49. The van der Waals surface area contributed by atoms with Gasteiger partial charge in [0.05, 0.1) is 23.8 Å². The highest BCUT2D eigenvalue weighted by Gasteiger charge is 2.50. The molecule has 1 aromatic carbocycles. The molecule has 132 valence electrons. The van der Waals surface area contributed by atoms with E-state index in [0.717, 1.165) is 24.8 Å². The van der Waals surface area contributed by atoms with Crippen LogP contribution in [0.1, 0.15) is 49.6 Å². The first-order valence-electron chi connectivity index (χ1n) is 8.65. The predicted molar refractivity (Wildman–Crippen MR) is 88.2 cm³/mol. The van der Waals surface area contributed by atoms with Gasteiger partial charge in [-0.3, -0.25) is 4.79 Å². The molecule has 1 unspecified atom stereocenters. The van der Waals surface area contributed by atoms with Crippen molar-refractivity contribution < 1.29 is 14.3 Å². The normalized spacial score (nSPS) is 20.7. The maximum Gasteiger partial charge on any atom is 0.233 e. The van der Waals surface area contributed by atoms with Crippen molar-refractivity contribution in [3.63, 3.8) is 0 Å². The quantitative estimate of drug-likeness (QED) is 0.921. The van der Waals surface area contributed by atoms with Gasteiger partial charge in [-0.1, -0.05) is 23.8 Å². The van der Waals surface area contributed by atoms with Crippen molar-refractivity contribution in [2.24, 2.45) is 0 Å². The highest BCUT2D eigenvalue weighted by Crippen LogP contribution is 2.46. The number of nitrogens with zero attached hydrogens (tertiary/aromatic N) is 4. The van der Waals surface area contributed by atoms with Gasteiger partial charge in [0, 0.05) is 13.1 Å². The van der Waals surface area contributed by atoms with Crippen molar-refractivity contribution in [1.29, 1.82) is 0 Å². The summed E-state index contributed by atoms with van der Waals surface area (Å²) in [5.41, 5.74) is 0.948. The molecule has 1 N–H and O–H groups in total. The van der Waals surface area contributed by atoms with Gasteiger partial charge >= 0.3 is 0 Å². The number of carbonyl (C=O) groups excluding carboxylic acids is 1. The topological polar surface area (TPSA) is 71.2 Å². The molecule has 1 atom stereocenters.